The number of carbonyl (C=O) groups excluding carboxylic acids is 1. The third-order valence-corrected chi connectivity index (χ3v) is 2.01. The molecule has 0 aliphatic carbocycles. The summed E-state index contributed by atoms with van der Waals surface area (Å²) in [5.74, 6) is 0.212. The van der Waals surface area contributed by atoms with Crippen LogP contribution in [0.25, 0.3) is 0 Å². The van der Waals surface area contributed by atoms with Crippen molar-refractivity contribution in [2.45, 2.75) is 12.8 Å². The number of amides is 1. The van der Waals surface area contributed by atoms with Crippen LogP contribution in [0.2, 0.25) is 0 Å². The largest absolute Gasteiger partial charge is 1.00 e. The quantitative estimate of drug-likeness (QED) is 0.353. The molecule has 0 atom stereocenters. The Labute approximate surface area is 133 Å². The Morgan fingerprint density at radius 3 is 2.92 bits per heavy atom. The molecule has 1 saturated heterocycles. The predicted octanol–water partition coefficient (Wildman–Crippen LogP) is -2.04. The summed E-state index contributed by atoms with van der Waals surface area (Å²) in [5, 5.41) is 0. The molecule has 3 nitrogen and oxygen atoms in total. The standard InChI is InChI=1S/C7H11NO2S2.K.H/c9-6-2-1-3-8(6)4-5-10-7(11)12;;/h1-5H2,(H,11,12);;/q;+1;-1. The molecule has 1 rings (SSSR count). The normalized spacial score (nSPS) is 15.5. The van der Waals surface area contributed by atoms with Gasteiger partial charge in [-0.3, -0.25) is 4.79 Å². The first-order chi connectivity index (χ1) is 5.70. The van der Waals surface area contributed by atoms with E-state index in [0.29, 0.717) is 19.6 Å². The minimum absolute atomic E-state index is 0. The molecular weight excluding hydrogens is 233 g/mol. The van der Waals surface area contributed by atoms with Crippen molar-refractivity contribution in [1.82, 2.24) is 4.90 Å². The molecule has 70 valence electrons. The third-order valence-electron chi connectivity index (χ3n) is 1.76. The molecule has 0 aromatic heterocycles. The Bertz CT molecular complexity index is 206. The van der Waals surface area contributed by atoms with Gasteiger partial charge in [-0.2, -0.15) is 0 Å². The van der Waals surface area contributed by atoms with Crippen molar-refractivity contribution >= 4 is 35.1 Å². The zero-order valence-corrected chi connectivity index (χ0v) is 12.5. The molecule has 0 bridgehead atoms. The number of thiocarbonyl (C=S) groups is 1. The molecule has 0 aromatic carbocycles. The van der Waals surface area contributed by atoms with Crippen LogP contribution in [-0.2, 0) is 9.53 Å². The molecular formula is C7H12KNO2S2. The van der Waals surface area contributed by atoms with Crippen molar-refractivity contribution in [2.75, 3.05) is 19.7 Å². The van der Waals surface area contributed by atoms with Crippen molar-refractivity contribution < 1.29 is 62.3 Å². The number of likely N-dealkylation sites (tertiary alicyclic amines) is 1. The summed E-state index contributed by atoms with van der Waals surface area (Å²) in [6.45, 7) is 1.93. The Hall–Kier alpha value is 1.35. The number of carbonyl (C=O) groups is 1. The third kappa shape index (κ3) is 5.71. The van der Waals surface area contributed by atoms with E-state index in [1.807, 2.05) is 0 Å². The summed E-state index contributed by atoms with van der Waals surface area (Å²) in [7, 11) is 0. The summed E-state index contributed by atoms with van der Waals surface area (Å²) in [6.07, 6.45) is 1.63. The Kier molecular flexibility index (Phi) is 8.40. The van der Waals surface area contributed by atoms with E-state index in [1.165, 1.54) is 0 Å². The van der Waals surface area contributed by atoms with Crippen LogP contribution in [0, 0.1) is 0 Å². The van der Waals surface area contributed by atoms with Gasteiger partial charge in [0.25, 0.3) is 0 Å². The number of hydrogen-bond acceptors (Lipinski definition) is 3. The molecule has 0 spiro atoms. The molecule has 0 N–H and O–H groups in total. The van der Waals surface area contributed by atoms with Crippen molar-refractivity contribution in [3.8, 4) is 0 Å². The van der Waals surface area contributed by atoms with Gasteiger partial charge in [0.05, 0.1) is 6.54 Å². The fourth-order valence-corrected chi connectivity index (χ4v) is 1.36. The number of hydrogen-bond donors (Lipinski definition) is 1. The van der Waals surface area contributed by atoms with E-state index in [1.54, 1.807) is 4.90 Å². The van der Waals surface area contributed by atoms with Gasteiger partial charge in [-0.25, -0.2) is 0 Å². The molecule has 1 heterocycles. The minimum Gasteiger partial charge on any atom is -1.00 e. The van der Waals surface area contributed by atoms with Gasteiger partial charge < -0.3 is 11.1 Å². The van der Waals surface area contributed by atoms with Gasteiger partial charge in [-0.15, -0.1) is 0 Å². The first-order valence-corrected chi connectivity index (χ1v) is 4.69. The topological polar surface area (TPSA) is 29.5 Å². The Balaban J connectivity index is 0. The zero-order valence-electron chi connectivity index (χ0n) is 8.65. The number of rotatable bonds is 3. The van der Waals surface area contributed by atoms with E-state index < -0.39 is 0 Å². The molecule has 0 aromatic rings. The minimum atomic E-state index is 0. The van der Waals surface area contributed by atoms with Gasteiger partial charge in [0.2, 0.25) is 10.3 Å². The van der Waals surface area contributed by atoms with Crippen LogP contribution in [0.3, 0.4) is 0 Å². The number of ether oxygens (including phenoxy) is 1. The first kappa shape index (κ1) is 14.3. The summed E-state index contributed by atoms with van der Waals surface area (Å²) in [4.78, 5) is 12.9. The average molecular weight is 245 g/mol. The molecule has 1 fully saturated rings. The average Bonchev–Trinajstić information content (AvgIpc) is 2.36. The zero-order chi connectivity index (χ0) is 8.97. The summed E-state index contributed by atoms with van der Waals surface area (Å²) >= 11 is 8.41. The van der Waals surface area contributed by atoms with Gasteiger partial charge in [-0.1, -0.05) is 12.6 Å². The van der Waals surface area contributed by atoms with E-state index in [4.69, 9.17) is 4.74 Å². The monoisotopic (exact) mass is 245 g/mol. The molecule has 6 heteroatoms. The van der Waals surface area contributed by atoms with Crippen LogP contribution >= 0.6 is 24.8 Å². The van der Waals surface area contributed by atoms with E-state index in [0.717, 1.165) is 13.0 Å². The van der Waals surface area contributed by atoms with E-state index in [-0.39, 0.29) is 63.1 Å². The van der Waals surface area contributed by atoms with Gasteiger partial charge in [0.1, 0.15) is 6.61 Å². The van der Waals surface area contributed by atoms with Crippen molar-refractivity contribution in [1.29, 1.82) is 0 Å². The molecule has 1 amide bonds. The second-order valence-electron chi connectivity index (χ2n) is 2.60. The predicted molar refractivity (Wildman–Crippen MR) is 54.5 cm³/mol. The van der Waals surface area contributed by atoms with Crippen LogP contribution in [-0.4, -0.2) is 34.9 Å². The van der Waals surface area contributed by atoms with Gasteiger partial charge in [0, 0.05) is 13.0 Å². The van der Waals surface area contributed by atoms with E-state index >= 15 is 0 Å². The Morgan fingerprint density at radius 2 is 2.46 bits per heavy atom. The van der Waals surface area contributed by atoms with Crippen LogP contribution in [0.1, 0.15) is 14.3 Å². The van der Waals surface area contributed by atoms with Gasteiger partial charge in [0.15, 0.2) is 0 Å². The maximum absolute atomic E-state index is 11.1. The van der Waals surface area contributed by atoms with Crippen LogP contribution < -0.4 is 51.4 Å². The second kappa shape index (κ2) is 7.61. The van der Waals surface area contributed by atoms with Gasteiger partial charge in [-0.05, 0) is 18.6 Å². The summed E-state index contributed by atoms with van der Waals surface area (Å²) in [5.41, 5.74) is 0. The van der Waals surface area contributed by atoms with Crippen LogP contribution in [0.15, 0.2) is 0 Å². The molecule has 1 aliphatic rings. The van der Waals surface area contributed by atoms with E-state index in [2.05, 4.69) is 24.8 Å². The molecule has 1 aliphatic heterocycles. The molecule has 0 unspecified atom stereocenters. The molecule has 0 saturated carbocycles. The van der Waals surface area contributed by atoms with Crippen molar-refractivity contribution in [3.05, 3.63) is 0 Å². The Morgan fingerprint density at radius 1 is 1.77 bits per heavy atom. The summed E-state index contributed by atoms with van der Waals surface area (Å²) in [6, 6.07) is 0. The maximum Gasteiger partial charge on any atom is 1.00 e. The maximum atomic E-state index is 11.1. The fraction of sp³-hybridized carbons (Fsp3) is 0.714. The molecule has 13 heavy (non-hydrogen) atoms. The smallest absolute Gasteiger partial charge is 1.00 e. The van der Waals surface area contributed by atoms with E-state index in [9.17, 15) is 4.79 Å². The van der Waals surface area contributed by atoms with Crippen LogP contribution in [0.4, 0.5) is 0 Å². The SMILES string of the molecule is O=C1CCCN1CCOC(=S)S.[H-].[K+]. The molecule has 0 radical (unpaired) electrons. The van der Waals surface area contributed by atoms with Gasteiger partial charge >= 0.3 is 51.4 Å². The van der Waals surface area contributed by atoms with Crippen LogP contribution in [0.5, 0.6) is 0 Å². The second-order valence-corrected chi connectivity index (χ2v) is 3.68. The van der Waals surface area contributed by atoms with Crippen molar-refractivity contribution in [3.63, 3.8) is 0 Å². The summed E-state index contributed by atoms with van der Waals surface area (Å²) < 4.78 is 5.19. The van der Waals surface area contributed by atoms with Crippen molar-refractivity contribution in [2.24, 2.45) is 0 Å². The number of thiol groups is 1. The number of nitrogens with zero attached hydrogens (tertiary/aromatic N) is 1. The first-order valence-electron chi connectivity index (χ1n) is 3.83. The fourth-order valence-electron chi connectivity index (χ4n) is 1.18.